The maximum absolute atomic E-state index is 12.6. The lowest BCUT2D eigenvalue weighted by Gasteiger charge is -2.37. The summed E-state index contributed by atoms with van der Waals surface area (Å²) in [4.78, 5) is 48.2. The third-order valence-electron chi connectivity index (χ3n) is 4.59. The van der Waals surface area contributed by atoms with E-state index in [1.54, 1.807) is 41.5 Å². The Morgan fingerprint density at radius 1 is 0.906 bits per heavy atom. The molecule has 0 N–H and O–H groups in total. The Bertz CT molecular complexity index is 775. The number of rotatable bonds is 11. The Balaban J connectivity index is 3.22. The fourth-order valence-electron chi connectivity index (χ4n) is 2.52. The van der Waals surface area contributed by atoms with E-state index in [4.69, 9.17) is 18.9 Å². The Hall–Kier alpha value is -2.74. The van der Waals surface area contributed by atoms with Crippen LogP contribution in [0.4, 0.5) is 0 Å². The van der Waals surface area contributed by atoms with E-state index in [9.17, 15) is 19.2 Å². The molecule has 0 aliphatic rings. The van der Waals surface area contributed by atoms with Gasteiger partial charge in [-0.05, 0) is 54.0 Å². The Morgan fingerprint density at radius 3 is 1.94 bits per heavy atom. The van der Waals surface area contributed by atoms with Gasteiger partial charge in [-0.1, -0.05) is 30.3 Å². The summed E-state index contributed by atoms with van der Waals surface area (Å²) >= 11 is 0. The molecule has 0 radical (unpaired) electrons. The third-order valence-corrected chi connectivity index (χ3v) is 4.59. The molecule has 3 atom stereocenters. The van der Waals surface area contributed by atoms with Crippen LogP contribution in [-0.4, -0.2) is 49.1 Å². The average molecular weight is 451 g/mol. The maximum atomic E-state index is 12.6. The van der Waals surface area contributed by atoms with Gasteiger partial charge < -0.3 is 18.9 Å². The second-order valence-electron chi connectivity index (χ2n) is 9.77. The average Bonchev–Trinajstić information content (AvgIpc) is 2.72. The van der Waals surface area contributed by atoms with Crippen LogP contribution in [0.25, 0.3) is 0 Å². The Labute approximate surface area is 189 Å². The van der Waals surface area contributed by atoms with Crippen LogP contribution in [0.3, 0.4) is 0 Å². The first-order valence-electron chi connectivity index (χ1n) is 10.4. The van der Waals surface area contributed by atoms with Crippen molar-refractivity contribution in [2.75, 3.05) is 6.61 Å². The quantitative estimate of drug-likeness (QED) is 0.287. The normalized spacial score (nSPS) is 15.6. The van der Waals surface area contributed by atoms with Crippen molar-refractivity contribution < 1.29 is 38.1 Å². The van der Waals surface area contributed by atoms with E-state index in [0.29, 0.717) is 6.29 Å². The van der Waals surface area contributed by atoms with Crippen LogP contribution in [0.1, 0.15) is 54.0 Å². The van der Waals surface area contributed by atoms with Crippen LogP contribution in [0.15, 0.2) is 30.3 Å². The number of ether oxygens (including phenoxy) is 4. The predicted molar refractivity (Wildman–Crippen MR) is 116 cm³/mol. The van der Waals surface area contributed by atoms with E-state index in [1.165, 1.54) is 6.92 Å². The Morgan fingerprint density at radius 2 is 1.47 bits per heavy atom. The molecular formula is C24H34O8. The second kappa shape index (κ2) is 11.2. The van der Waals surface area contributed by atoms with Gasteiger partial charge in [-0.3, -0.25) is 19.2 Å². The van der Waals surface area contributed by atoms with E-state index in [-0.39, 0.29) is 13.1 Å². The van der Waals surface area contributed by atoms with E-state index in [0.717, 1.165) is 5.56 Å². The number of hydrogen-bond donors (Lipinski definition) is 0. The number of benzene rings is 1. The molecule has 1 aromatic rings. The first kappa shape index (κ1) is 27.3. The molecule has 0 bridgehead atoms. The largest absolute Gasteiger partial charge is 0.461 e. The summed E-state index contributed by atoms with van der Waals surface area (Å²) in [6.45, 7) is 11.1. The van der Waals surface area contributed by atoms with Crippen molar-refractivity contribution in [2.24, 2.45) is 10.8 Å². The van der Waals surface area contributed by atoms with E-state index < -0.39 is 47.2 Å². The molecule has 32 heavy (non-hydrogen) atoms. The van der Waals surface area contributed by atoms with Crippen molar-refractivity contribution in [2.45, 2.75) is 72.9 Å². The summed E-state index contributed by atoms with van der Waals surface area (Å²) in [5.41, 5.74) is -2.60. The van der Waals surface area contributed by atoms with Gasteiger partial charge in [0.05, 0.1) is 17.4 Å². The zero-order valence-corrected chi connectivity index (χ0v) is 19.9. The topological polar surface area (TPSA) is 105 Å². The van der Waals surface area contributed by atoms with Gasteiger partial charge in [-0.25, -0.2) is 0 Å². The number of esters is 2. The van der Waals surface area contributed by atoms with Gasteiger partial charge in [0, 0.05) is 0 Å². The Kier molecular flexibility index (Phi) is 9.57. The van der Waals surface area contributed by atoms with E-state index in [1.807, 2.05) is 30.3 Å². The number of carbonyl (C=O) groups excluding carboxylic acids is 4. The lowest BCUT2D eigenvalue weighted by atomic mass is 9.93. The van der Waals surface area contributed by atoms with Gasteiger partial charge in [0.25, 0.3) is 6.47 Å². The van der Waals surface area contributed by atoms with Gasteiger partial charge in [-0.15, -0.1) is 0 Å². The molecule has 178 valence electrons. The molecular weight excluding hydrogens is 416 g/mol. The van der Waals surface area contributed by atoms with Crippen LogP contribution in [0.5, 0.6) is 0 Å². The highest BCUT2D eigenvalue weighted by Gasteiger charge is 2.46. The first-order chi connectivity index (χ1) is 14.7. The minimum Gasteiger partial charge on any atom is -0.461 e. The summed E-state index contributed by atoms with van der Waals surface area (Å²) in [5.74, 6) is -1.16. The smallest absolute Gasteiger partial charge is 0.311 e. The molecule has 0 heterocycles. The van der Waals surface area contributed by atoms with Crippen molar-refractivity contribution in [1.29, 1.82) is 0 Å². The summed E-state index contributed by atoms with van der Waals surface area (Å²) < 4.78 is 21.9. The van der Waals surface area contributed by atoms with Crippen LogP contribution in [-0.2, 0) is 44.7 Å². The minimum absolute atomic E-state index is 0.0382. The fourth-order valence-corrected chi connectivity index (χ4v) is 2.52. The van der Waals surface area contributed by atoms with Crippen molar-refractivity contribution in [3.8, 4) is 0 Å². The summed E-state index contributed by atoms with van der Waals surface area (Å²) in [6, 6.07) is 9.09. The summed E-state index contributed by atoms with van der Waals surface area (Å²) in [5, 5.41) is 0. The molecule has 0 aromatic heterocycles. The first-order valence-corrected chi connectivity index (χ1v) is 10.4. The molecule has 1 rings (SSSR count). The zero-order chi connectivity index (χ0) is 24.6. The van der Waals surface area contributed by atoms with Gasteiger partial charge in [0.15, 0.2) is 24.1 Å². The van der Waals surface area contributed by atoms with Crippen LogP contribution >= 0.6 is 0 Å². The van der Waals surface area contributed by atoms with Crippen molar-refractivity contribution in [3.63, 3.8) is 0 Å². The maximum Gasteiger partial charge on any atom is 0.311 e. The standard InChI is InChI=1S/C24H34O8/c1-22(2,3)20(27)29-14-18(32-21(28)23(4,5)6)19(30-16-26)24(7,15-25)31-13-17-11-9-8-10-12-17/h8-12,15-16,18-19H,13-14H2,1-7H3/t18-,19-,24+/m1/s1. The third kappa shape index (κ3) is 8.07. The molecule has 0 unspecified atom stereocenters. The van der Waals surface area contributed by atoms with E-state index in [2.05, 4.69) is 0 Å². The van der Waals surface area contributed by atoms with Crippen molar-refractivity contribution in [3.05, 3.63) is 35.9 Å². The summed E-state index contributed by atoms with van der Waals surface area (Å²) in [6.07, 6.45) is -2.15. The molecule has 8 nitrogen and oxygen atoms in total. The lowest BCUT2D eigenvalue weighted by molar-refractivity contribution is -0.202. The molecule has 0 amide bonds. The van der Waals surface area contributed by atoms with Gasteiger partial charge in [0.1, 0.15) is 6.61 Å². The van der Waals surface area contributed by atoms with Crippen LogP contribution < -0.4 is 0 Å². The number of aldehydes is 1. The van der Waals surface area contributed by atoms with Gasteiger partial charge >= 0.3 is 11.9 Å². The minimum atomic E-state index is -1.69. The molecule has 0 fully saturated rings. The van der Waals surface area contributed by atoms with E-state index >= 15 is 0 Å². The molecule has 0 aliphatic carbocycles. The zero-order valence-electron chi connectivity index (χ0n) is 19.9. The SMILES string of the molecule is CC(C)(C)C(=O)OC[C@@H](OC(=O)C(C)(C)C)[C@@H](OC=O)[C@](C)(C=O)OCc1ccccc1. The second-order valence-corrected chi connectivity index (χ2v) is 9.77. The van der Waals surface area contributed by atoms with Gasteiger partial charge in [-0.2, -0.15) is 0 Å². The molecule has 1 aromatic carbocycles. The van der Waals surface area contributed by atoms with Crippen molar-refractivity contribution in [1.82, 2.24) is 0 Å². The highest BCUT2D eigenvalue weighted by Crippen LogP contribution is 2.27. The number of hydrogen-bond acceptors (Lipinski definition) is 8. The highest BCUT2D eigenvalue weighted by atomic mass is 16.6. The van der Waals surface area contributed by atoms with Crippen LogP contribution in [0.2, 0.25) is 0 Å². The molecule has 0 spiro atoms. The monoisotopic (exact) mass is 450 g/mol. The fraction of sp³-hybridized carbons (Fsp3) is 0.583. The van der Waals surface area contributed by atoms with Crippen LogP contribution in [0, 0.1) is 10.8 Å². The number of carbonyl (C=O) groups is 4. The molecule has 8 heteroatoms. The lowest BCUT2D eigenvalue weighted by Crippen LogP contribution is -2.55. The van der Waals surface area contributed by atoms with Crippen molar-refractivity contribution >= 4 is 24.7 Å². The van der Waals surface area contributed by atoms with Gasteiger partial charge in [0.2, 0.25) is 0 Å². The molecule has 0 saturated heterocycles. The summed E-state index contributed by atoms with van der Waals surface area (Å²) in [7, 11) is 0. The highest BCUT2D eigenvalue weighted by molar-refractivity contribution is 5.76. The molecule has 0 saturated carbocycles. The predicted octanol–water partition coefficient (Wildman–Crippen LogP) is 3.25. The molecule has 0 aliphatic heterocycles.